The zero-order valence-electron chi connectivity index (χ0n) is 37.1. The summed E-state index contributed by atoms with van der Waals surface area (Å²) in [6, 6.07) is 0. The predicted octanol–water partition coefficient (Wildman–Crippen LogP) is 1.36. The average Bonchev–Trinajstić information content (AvgIpc) is 3.75. The number of aromatic amines is 1. The summed E-state index contributed by atoms with van der Waals surface area (Å²) in [5, 5.41) is 26.9. The van der Waals surface area contributed by atoms with Crippen molar-refractivity contribution in [3.63, 3.8) is 0 Å². The van der Waals surface area contributed by atoms with E-state index in [0.29, 0.717) is 76.8 Å². The molecule has 5 amide bonds. The molecule has 0 spiro atoms. The van der Waals surface area contributed by atoms with Crippen molar-refractivity contribution in [3.8, 4) is 0 Å². The lowest BCUT2D eigenvalue weighted by molar-refractivity contribution is -0.138. The van der Waals surface area contributed by atoms with Crippen LogP contribution in [0.15, 0.2) is 21.9 Å². The number of carbonyl (C=O) groups excluding carboxylic acids is 5. The Morgan fingerprint density at radius 1 is 0.908 bits per heavy atom. The number of amides is 5. The summed E-state index contributed by atoms with van der Waals surface area (Å²) >= 11 is 1.29. The zero-order chi connectivity index (χ0) is 48.0. The smallest absolute Gasteiger partial charge is 0.330 e. The number of nitrogens with zero attached hydrogens (tertiary/aromatic N) is 2. The van der Waals surface area contributed by atoms with Gasteiger partial charge in [-0.15, -0.1) is 11.8 Å². The van der Waals surface area contributed by atoms with E-state index in [2.05, 4.69) is 20.9 Å². The number of imide groups is 1. The fourth-order valence-corrected chi connectivity index (χ4v) is 9.31. The molecule has 0 aromatic carbocycles. The predicted molar refractivity (Wildman–Crippen MR) is 241 cm³/mol. The second-order valence-corrected chi connectivity index (χ2v) is 21.1. The third-order valence-corrected chi connectivity index (χ3v) is 12.9. The Balaban J connectivity index is 1.20. The van der Waals surface area contributed by atoms with Crippen molar-refractivity contribution in [3.05, 3.63) is 38.7 Å². The first-order valence-corrected chi connectivity index (χ1v) is 27.0. The van der Waals surface area contributed by atoms with E-state index in [1.54, 1.807) is 0 Å². The van der Waals surface area contributed by atoms with Gasteiger partial charge in [-0.05, 0) is 44.6 Å². The molecule has 65 heavy (non-hydrogen) atoms. The number of hydrogen-bond donors (Lipinski definition) is 8. The maximum atomic E-state index is 12.9. The Morgan fingerprint density at radius 3 is 2.20 bits per heavy atom. The monoisotopic (exact) mass is 980 g/mol. The third-order valence-electron chi connectivity index (χ3n) is 10.4. The number of thioether (sulfide) groups is 1. The van der Waals surface area contributed by atoms with E-state index in [1.165, 1.54) is 28.9 Å². The van der Waals surface area contributed by atoms with Crippen LogP contribution in [0.4, 0.5) is 0 Å². The van der Waals surface area contributed by atoms with Crippen LogP contribution in [-0.2, 0) is 46.9 Å². The lowest BCUT2D eigenvalue weighted by atomic mass is 10.0. The molecule has 2 aliphatic heterocycles. The number of hydrogen-bond acceptors (Lipinski definition) is 15. The summed E-state index contributed by atoms with van der Waals surface area (Å²) in [7, 11) is -7.51. The van der Waals surface area contributed by atoms with Gasteiger partial charge in [-0.1, -0.05) is 25.7 Å². The molecule has 368 valence electrons. The number of aromatic nitrogens is 2. The zero-order valence-corrected chi connectivity index (χ0v) is 39.7. The highest BCUT2D eigenvalue weighted by Gasteiger charge is 2.40. The van der Waals surface area contributed by atoms with Gasteiger partial charge in [0.25, 0.3) is 5.56 Å². The molecule has 22 nitrogen and oxygen atoms in total. The molecule has 3 rings (SSSR count). The first-order chi connectivity index (χ1) is 30.8. The molecule has 3 heterocycles. The molecule has 0 aliphatic carbocycles. The number of ether oxygens (including phenoxy) is 1. The molecule has 0 bridgehead atoms. The summed E-state index contributed by atoms with van der Waals surface area (Å²) in [6.07, 6.45) is 7.98. The van der Waals surface area contributed by atoms with E-state index in [4.69, 9.17) is 13.8 Å². The van der Waals surface area contributed by atoms with E-state index < -0.39 is 62.6 Å². The van der Waals surface area contributed by atoms with Crippen LogP contribution >= 0.6 is 27.0 Å². The van der Waals surface area contributed by atoms with Gasteiger partial charge in [-0.3, -0.25) is 52.3 Å². The van der Waals surface area contributed by atoms with Gasteiger partial charge in [0.05, 0.1) is 30.1 Å². The Hall–Kier alpha value is -3.50. The number of aliphatic hydroxyl groups excluding tert-OH is 2. The van der Waals surface area contributed by atoms with Gasteiger partial charge < -0.3 is 49.7 Å². The normalized spacial score (nSPS) is 21.0. The van der Waals surface area contributed by atoms with Gasteiger partial charge in [0.1, 0.15) is 12.3 Å². The maximum Gasteiger partial charge on any atom is 0.330 e. The van der Waals surface area contributed by atoms with Crippen molar-refractivity contribution in [1.29, 1.82) is 0 Å². The number of aliphatic hydroxyl groups is 2. The minimum absolute atomic E-state index is 0.00373. The molecule has 2 fully saturated rings. The van der Waals surface area contributed by atoms with E-state index in [-0.39, 0.29) is 74.1 Å². The van der Waals surface area contributed by atoms with E-state index in [1.807, 2.05) is 0 Å². The van der Waals surface area contributed by atoms with Gasteiger partial charge in [0.2, 0.25) is 29.5 Å². The molecule has 0 radical (unpaired) electrons. The van der Waals surface area contributed by atoms with Crippen molar-refractivity contribution in [2.75, 3.05) is 65.1 Å². The lowest BCUT2D eigenvalue weighted by Gasteiger charge is -2.17. The van der Waals surface area contributed by atoms with Crippen LogP contribution in [-0.4, -0.2) is 147 Å². The van der Waals surface area contributed by atoms with Crippen molar-refractivity contribution in [2.45, 2.75) is 114 Å². The highest BCUT2D eigenvalue weighted by atomic mass is 32.2. The number of carbonyl (C=O) groups is 5. The number of unbranched alkanes of at least 4 members (excludes halogenated alkanes) is 6. The average molecular weight is 981 g/mol. The van der Waals surface area contributed by atoms with Gasteiger partial charge in [0, 0.05) is 95.7 Å². The van der Waals surface area contributed by atoms with E-state index in [0.717, 1.165) is 43.2 Å². The highest BCUT2D eigenvalue weighted by Crippen LogP contribution is 2.44. The van der Waals surface area contributed by atoms with Gasteiger partial charge in [-0.25, -0.2) is 4.79 Å². The standard InChI is InChI=1S/C40H66N6O16P2S/c1-63(56,57)60-27-28(25-47)12-7-10-19-41-33(49)13-6-5-11-20-45-36(52)23-32(39(45)54)65-21-16-35(51)43-18-9-4-3-8-17-42-34(50)15-14-29-24-46(40(55)44-38(29)53)37-22-30(31(26-48)61-37)62-64(2,58)59/h14-15,24,28,30-32,37,47-48H,3-13,16-23,25-27H2,1-2H3,(H,41,49)(H,42,50)(H,43,51)(H,56,57)(H,58,59)(H,44,53,55)/b15-14+/t28?,30?,31-,32?,37-/m1/s1. The second kappa shape index (κ2) is 28.6. The van der Waals surface area contributed by atoms with Crippen LogP contribution < -0.4 is 27.2 Å². The lowest BCUT2D eigenvalue weighted by Crippen LogP contribution is -2.33. The molecule has 1 aromatic heterocycles. The second-order valence-electron chi connectivity index (χ2n) is 16.1. The molecule has 0 saturated carbocycles. The Morgan fingerprint density at radius 2 is 1.55 bits per heavy atom. The minimum Gasteiger partial charge on any atom is -0.396 e. The summed E-state index contributed by atoms with van der Waals surface area (Å²) in [5.41, 5.74) is -1.57. The third kappa shape index (κ3) is 21.8. The van der Waals surface area contributed by atoms with Crippen molar-refractivity contribution < 1.29 is 66.9 Å². The molecule has 2 aliphatic rings. The molecule has 7 atom stereocenters. The van der Waals surface area contributed by atoms with Crippen LogP contribution in [0.1, 0.15) is 102 Å². The Bertz CT molecular complexity index is 1970. The van der Waals surface area contributed by atoms with Crippen molar-refractivity contribution in [1.82, 2.24) is 30.4 Å². The molecular formula is C40H66N6O16P2S. The Kier molecular flexibility index (Phi) is 24.6. The van der Waals surface area contributed by atoms with Gasteiger partial charge >= 0.3 is 20.9 Å². The highest BCUT2D eigenvalue weighted by molar-refractivity contribution is 8.00. The molecule has 5 unspecified atom stereocenters. The maximum absolute atomic E-state index is 12.9. The summed E-state index contributed by atoms with van der Waals surface area (Å²) in [5.74, 6) is -1.07. The molecular weight excluding hydrogens is 914 g/mol. The molecule has 1 aromatic rings. The first kappa shape index (κ1) is 55.8. The van der Waals surface area contributed by atoms with E-state index in [9.17, 15) is 62.7 Å². The Labute approximate surface area is 382 Å². The number of rotatable bonds is 32. The van der Waals surface area contributed by atoms with Crippen LogP contribution in [0, 0.1) is 5.92 Å². The fourth-order valence-electron chi connectivity index (χ4n) is 6.98. The number of likely N-dealkylation sites (tertiary alicyclic amines) is 1. The summed E-state index contributed by atoms with van der Waals surface area (Å²) < 4.78 is 39.6. The van der Waals surface area contributed by atoms with E-state index >= 15 is 0 Å². The summed E-state index contributed by atoms with van der Waals surface area (Å²) in [4.78, 5) is 109. The SMILES string of the molecule is CP(=O)(O)OCC(CO)CCCCNC(=O)CCCCCN1C(=O)CC(SCCC(=O)NCCCCCCNC(=O)/C=C/c2cn([C@H]3CC(OP(C)(=O)O)[C@@H](CO)O3)c(=O)[nH]c2=O)C1=O. The van der Waals surface area contributed by atoms with Crippen LogP contribution in [0.3, 0.4) is 0 Å². The number of nitrogens with one attached hydrogen (secondary N) is 4. The van der Waals surface area contributed by atoms with Crippen LogP contribution in [0.2, 0.25) is 0 Å². The van der Waals surface area contributed by atoms with Crippen LogP contribution in [0.25, 0.3) is 6.08 Å². The summed E-state index contributed by atoms with van der Waals surface area (Å²) in [6.45, 7) is 2.97. The van der Waals surface area contributed by atoms with Gasteiger partial charge in [-0.2, -0.15) is 0 Å². The topological polar surface area (TPSA) is 322 Å². The van der Waals surface area contributed by atoms with Gasteiger partial charge in [0.15, 0.2) is 0 Å². The van der Waals surface area contributed by atoms with Crippen LogP contribution in [0.5, 0.6) is 0 Å². The fraction of sp³-hybridized carbons (Fsp3) is 0.725. The minimum atomic E-state index is -3.92. The first-order valence-electron chi connectivity index (χ1n) is 21.9. The van der Waals surface area contributed by atoms with Crippen molar-refractivity contribution in [2.24, 2.45) is 5.92 Å². The molecule has 2 saturated heterocycles. The molecule has 25 heteroatoms. The quantitative estimate of drug-likeness (QED) is 0.0219. The van der Waals surface area contributed by atoms with Crippen molar-refractivity contribution >= 4 is 62.6 Å². The number of H-pyrrole nitrogens is 1. The largest absolute Gasteiger partial charge is 0.396 e. The molecule has 8 N–H and O–H groups in total.